The van der Waals surface area contributed by atoms with Crippen molar-refractivity contribution in [1.29, 1.82) is 0 Å². The molecule has 0 amide bonds. The Morgan fingerprint density at radius 3 is 2.43 bits per heavy atom. The highest BCUT2D eigenvalue weighted by atomic mass is 16.2. The zero-order valence-electron chi connectivity index (χ0n) is 9.47. The Labute approximate surface area is 88.2 Å². The molecule has 0 radical (unpaired) electrons. The van der Waals surface area contributed by atoms with Gasteiger partial charge in [0, 0.05) is 6.61 Å². The summed E-state index contributed by atoms with van der Waals surface area (Å²) in [6, 6.07) is 0. The number of hydrogen-bond donors (Lipinski definition) is 1. The Morgan fingerprint density at radius 2 is 1.86 bits per heavy atom. The monoisotopic (exact) mass is 196 g/mol. The summed E-state index contributed by atoms with van der Waals surface area (Å²) in [6.07, 6.45) is 8.62. The third kappa shape index (κ3) is 3.83. The van der Waals surface area contributed by atoms with Crippen LogP contribution in [0.15, 0.2) is 12.2 Å². The SMILES string of the molecule is C=C(CCCCO)C1CCC(C)CC1. The highest BCUT2D eigenvalue weighted by molar-refractivity contribution is 5.01. The van der Waals surface area contributed by atoms with E-state index in [0.29, 0.717) is 6.61 Å². The topological polar surface area (TPSA) is 20.2 Å². The van der Waals surface area contributed by atoms with Crippen LogP contribution in [0, 0.1) is 11.8 Å². The van der Waals surface area contributed by atoms with Gasteiger partial charge in [-0.1, -0.05) is 31.9 Å². The molecular formula is C13H24O. The van der Waals surface area contributed by atoms with E-state index in [1.165, 1.54) is 31.3 Å². The maximum absolute atomic E-state index is 8.69. The van der Waals surface area contributed by atoms with Crippen molar-refractivity contribution < 1.29 is 5.11 Å². The van der Waals surface area contributed by atoms with Crippen LogP contribution < -0.4 is 0 Å². The average molecular weight is 196 g/mol. The lowest BCUT2D eigenvalue weighted by Gasteiger charge is -2.27. The van der Waals surface area contributed by atoms with Crippen LogP contribution in [0.4, 0.5) is 0 Å². The van der Waals surface area contributed by atoms with Crippen LogP contribution in [-0.2, 0) is 0 Å². The quantitative estimate of drug-likeness (QED) is 0.527. The van der Waals surface area contributed by atoms with Crippen LogP contribution >= 0.6 is 0 Å². The number of hydrogen-bond acceptors (Lipinski definition) is 1. The lowest BCUT2D eigenvalue weighted by molar-refractivity contribution is 0.281. The van der Waals surface area contributed by atoms with Crippen LogP contribution in [-0.4, -0.2) is 11.7 Å². The molecule has 1 rings (SSSR count). The van der Waals surface area contributed by atoms with E-state index in [4.69, 9.17) is 5.11 Å². The molecule has 0 aromatic heterocycles. The molecule has 1 aliphatic rings. The zero-order valence-corrected chi connectivity index (χ0v) is 9.47. The van der Waals surface area contributed by atoms with E-state index in [9.17, 15) is 0 Å². The molecule has 0 bridgehead atoms. The third-order valence-electron chi connectivity index (χ3n) is 3.50. The van der Waals surface area contributed by atoms with Crippen molar-refractivity contribution in [3.63, 3.8) is 0 Å². The third-order valence-corrected chi connectivity index (χ3v) is 3.50. The summed E-state index contributed by atoms with van der Waals surface area (Å²) in [6.45, 7) is 6.87. The summed E-state index contributed by atoms with van der Waals surface area (Å²) in [5.41, 5.74) is 1.44. The summed E-state index contributed by atoms with van der Waals surface area (Å²) >= 11 is 0. The molecule has 1 aliphatic carbocycles. The highest BCUT2D eigenvalue weighted by Gasteiger charge is 2.19. The predicted molar refractivity (Wildman–Crippen MR) is 61.2 cm³/mol. The molecular weight excluding hydrogens is 172 g/mol. The molecule has 1 fully saturated rings. The number of unbranched alkanes of at least 4 members (excludes halogenated alkanes) is 1. The Kier molecular flexibility index (Phi) is 5.24. The number of rotatable bonds is 5. The molecule has 0 aliphatic heterocycles. The Bertz CT molecular complexity index is 166. The minimum atomic E-state index is 0.328. The standard InChI is InChI=1S/C13H24O/c1-11-6-8-13(9-7-11)12(2)5-3-4-10-14/h11,13-14H,2-10H2,1H3. The van der Waals surface area contributed by atoms with Crippen LogP contribution in [0.5, 0.6) is 0 Å². The van der Waals surface area contributed by atoms with Gasteiger partial charge < -0.3 is 5.11 Å². The minimum absolute atomic E-state index is 0.328. The summed E-state index contributed by atoms with van der Waals surface area (Å²) in [7, 11) is 0. The Balaban J connectivity index is 2.17. The van der Waals surface area contributed by atoms with E-state index in [2.05, 4.69) is 13.5 Å². The second-order valence-electron chi connectivity index (χ2n) is 4.80. The Morgan fingerprint density at radius 1 is 1.21 bits per heavy atom. The zero-order chi connectivity index (χ0) is 10.4. The molecule has 0 aromatic carbocycles. The smallest absolute Gasteiger partial charge is 0.0431 e. The number of allylic oxidation sites excluding steroid dienone is 1. The second kappa shape index (κ2) is 6.23. The first kappa shape index (κ1) is 11.8. The van der Waals surface area contributed by atoms with Crippen molar-refractivity contribution in [3.05, 3.63) is 12.2 Å². The van der Waals surface area contributed by atoms with Gasteiger partial charge in [-0.3, -0.25) is 0 Å². The number of aliphatic hydroxyl groups is 1. The van der Waals surface area contributed by atoms with E-state index in [0.717, 1.165) is 31.1 Å². The normalized spacial score (nSPS) is 27.6. The van der Waals surface area contributed by atoms with Crippen LogP contribution in [0.2, 0.25) is 0 Å². The molecule has 1 heteroatoms. The first-order valence-electron chi connectivity index (χ1n) is 6.02. The summed E-state index contributed by atoms with van der Waals surface area (Å²) in [5.74, 6) is 1.71. The van der Waals surface area contributed by atoms with Crippen LogP contribution in [0.1, 0.15) is 51.9 Å². The van der Waals surface area contributed by atoms with Gasteiger partial charge in [0.25, 0.3) is 0 Å². The second-order valence-corrected chi connectivity index (χ2v) is 4.80. The van der Waals surface area contributed by atoms with Gasteiger partial charge in [-0.15, -0.1) is 0 Å². The van der Waals surface area contributed by atoms with Gasteiger partial charge in [-0.2, -0.15) is 0 Å². The average Bonchev–Trinajstić information content (AvgIpc) is 2.19. The highest BCUT2D eigenvalue weighted by Crippen LogP contribution is 2.33. The lowest BCUT2D eigenvalue weighted by Crippen LogP contribution is -2.13. The predicted octanol–water partition coefficient (Wildman–Crippen LogP) is 3.53. The summed E-state index contributed by atoms with van der Waals surface area (Å²) in [5, 5.41) is 8.69. The van der Waals surface area contributed by atoms with Gasteiger partial charge in [-0.25, -0.2) is 0 Å². The molecule has 0 saturated heterocycles. The Hall–Kier alpha value is -0.300. The van der Waals surface area contributed by atoms with Gasteiger partial charge in [-0.05, 0) is 43.9 Å². The van der Waals surface area contributed by atoms with Gasteiger partial charge in [0.2, 0.25) is 0 Å². The molecule has 0 atom stereocenters. The van der Waals surface area contributed by atoms with E-state index in [1.54, 1.807) is 0 Å². The van der Waals surface area contributed by atoms with Gasteiger partial charge >= 0.3 is 0 Å². The van der Waals surface area contributed by atoms with Crippen molar-refractivity contribution >= 4 is 0 Å². The van der Waals surface area contributed by atoms with Crippen LogP contribution in [0.3, 0.4) is 0 Å². The minimum Gasteiger partial charge on any atom is -0.396 e. The summed E-state index contributed by atoms with van der Waals surface area (Å²) in [4.78, 5) is 0. The van der Waals surface area contributed by atoms with E-state index < -0.39 is 0 Å². The van der Waals surface area contributed by atoms with Crippen LogP contribution in [0.25, 0.3) is 0 Å². The molecule has 14 heavy (non-hydrogen) atoms. The molecule has 1 N–H and O–H groups in total. The lowest BCUT2D eigenvalue weighted by atomic mass is 9.78. The molecule has 0 spiro atoms. The first-order valence-corrected chi connectivity index (χ1v) is 6.02. The van der Waals surface area contributed by atoms with Crippen molar-refractivity contribution in [2.45, 2.75) is 51.9 Å². The van der Waals surface area contributed by atoms with E-state index >= 15 is 0 Å². The fourth-order valence-corrected chi connectivity index (χ4v) is 2.34. The largest absolute Gasteiger partial charge is 0.396 e. The molecule has 1 nitrogen and oxygen atoms in total. The van der Waals surface area contributed by atoms with Crippen molar-refractivity contribution in [2.24, 2.45) is 11.8 Å². The fourth-order valence-electron chi connectivity index (χ4n) is 2.34. The molecule has 0 aromatic rings. The van der Waals surface area contributed by atoms with Gasteiger partial charge in [0.05, 0.1) is 0 Å². The van der Waals surface area contributed by atoms with E-state index in [1.807, 2.05) is 0 Å². The van der Waals surface area contributed by atoms with Gasteiger partial charge in [0.1, 0.15) is 0 Å². The van der Waals surface area contributed by atoms with Crippen molar-refractivity contribution in [3.8, 4) is 0 Å². The fraction of sp³-hybridized carbons (Fsp3) is 0.846. The maximum atomic E-state index is 8.69. The summed E-state index contributed by atoms with van der Waals surface area (Å²) < 4.78 is 0. The maximum Gasteiger partial charge on any atom is 0.0431 e. The van der Waals surface area contributed by atoms with E-state index in [-0.39, 0.29) is 0 Å². The molecule has 1 saturated carbocycles. The van der Waals surface area contributed by atoms with Crippen molar-refractivity contribution in [1.82, 2.24) is 0 Å². The van der Waals surface area contributed by atoms with Gasteiger partial charge in [0.15, 0.2) is 0 Å². The number of aliphatic hydroxyl groups excluding tert-OH is 1. The van der Waals surface area contributed by atoms with Crippen molar-refractivity contribution in [2.75, 3.05) is 6.61 Å². The molecule has 82 valence electrons. The molecule has 0 unspecified atom stereocenters. The molecule has 0 heterocycles. The first-order chi connectivity index (χ1) is 6.74.